The minimum Gasteiger partial charge on any atom is -0.352 e. The first-order valence-electron chi connectivity index (χ1n) is 10.9. The second-order valence-electron chi connectivity index (χ2n) is 8.34. The Morgan fingerprint density at radius 1 is 1.12 bits per heavy atom. The average molecular weight is 512 g/mol. The summed E-state index contributed by atoms with van der Waals surface area (Å²) in [6.45, 7) is 6.54. The summed E-state index contributed by atoms with van der Waals surface area (Å²) in [6, 6.07) is 9.35. The zero-order chi connectivity index (χ0) is 25.6. The van der Waals surface area contributed by atoms with E-state index >= 15 is 0 Å². The Labute approximate surface area is 205 Å². The summed E-state index contributed by atoms with van der Waals surface area (Å²) < 4.78 is 39.6. The fourth-order valence-electron chi connectivity index (χ4n) is 3.28. The zero-order valence-electron chi connectivity index (χ0n) is 20.0. The van der Waals surface area contributed by atoms with Gasteiger partial charge in [-0.3, -0.25) is 13.9 Å². The number of carbonyl (C=O) groups excluding carboxylic acids is 2. The molecule has 0 spiro atoms. The molecule has 34 heavy (non-hydrogen) atoms. The Hall–Kier alpha value is -2.65. The average Bonchev–Trinajstić information content (AvgIpc) is 2.77. The molecule has 2 aromatic rings. The van der Waals surface area contributed by atoms with E-state index in [1.165, 1.54) is 35.2 Å². The van der Waals surface area contributed by atoms with Gasteiger partial charge >= 0.3 is 0 Å². The molecule has 0 aliphatic rings. The molecule has 0 saturated carbocycles. The molecular formula is C24H31ClFN3O4S. The van der Waals surface area contributed by atoms with Crippen LogP contribution in [-0.2, 0) is 26.2 Å². The summed E-state index contributed by atoms with van der Waals surface area (Å²) >= 11 is 6.08. The number of nitrogens with one attached hydrogen (secondary N) is 1. The van der Waals surface area contributed by atoms with Gasteiger partial charge in [-0.05, 0) is 62.6 Å². The van der Waals surface area contributed by atoms with Crippen LogP contribution in [0, 0.1) is 12.7 Å². The fraction of sp³-hybridized carbons (Fsp3) is 0.417. The van der Waals surface area contributed by atoms with Crippen molar-refractivity contribution in [1.29, 1.82) is 0 Å². The summed E-state index contributed by atoms with van der Waals surface area (Å²) in [5, 5.41) is 3.17. The molecule has 1 N–H and O–H groups in total. The maximum atomic E-state index is 13.5. The molecular weight excluding hydrogens is 481 g/mol. The van der Waals surface area contributed by atoms with E-state index in [1.54, 1.807) is 26.0 Å². The number of halogens is 2. The molecule has 0 radical (unpaired) electrons. The lowest BCUT2D eigenvalue weighted by Crippen LogP contribution is -2.52. The summed E-state index contributed by atoms with van der Waals surface area (Å²) in [5.41, 5.74) is 1.50. The quantitative estimate of drug-likeness (QED) is 0.524. The normalized spacial score (nSPS) is 13.1. The molecule has 0 bridgehead atoms. The first-order valence-corrected chi connectivity index (χ1v) is 13.1. The van der Waals surface area contributed by atoms with Crippen LogP contribution in [0.15, 0.2) is 42.5 Å². The van der Waals surface area contributed by atoms with Crippen molar-refractivity contribution in [1.82, 2.24) is 10.2 Å². The van der Waals surface area contributed by atoms with Gasteiger partial charge in [0.05, 0.1) is 11.9 Å². The van der Waals surface area contributed by atoms with Crippen LogP contribution in [0.4, 0.5) is 10.1 Å². The molecule has 2 atom stereocenters. The van der Waals surface area contributed by atoms with Crippen LogP contribution in [0.25, 0.3) is 0 Å². The lowest BCUT2D eigenvalue weighted by Gasteiger charge is -2.32. The van der Waals surface area contributed by atoms with Crippen molar-refractivity contribution >= 4 is 39.1 Å². The van der Waals surface area contributed by atoms with Crippen LogP contribution in [0.5, 0.6) is 0 Å². The van der Waals surface area contributed by atoms with Gasteiger partial charge in [-0.2, -0.15) is 0 Å². The van der Waals surface area contributed by atoms with Crippen LogP contribution in [0.3, 0.4) is 0 Å². The second kappa shape index (κ2) is 11.7. The van der Waals surface area contributed by atoms with Gasteiger partial charge in [0, 0.05) is 17.6 Å². The Kier molecular flexibility index (Phi) is 9.46. The van der Waals surface area contributed by atoms with E-state index in [0.29, 0.717) is 22.6 Å². The summed E-state index contributed by atoms with van der Waals surface area (Å²) in [5.74, 6) is -1.38. The molecule has 0 fully saturated rings. The molecule has 0 heterocycles. The monoisotopic (exact) mass is 511 g/mol. The van der Waals surface area contributed by atoms with Crippen molar-refractivity contribution in [2.75, 3.05) is 17.1 Å². The van der Waals surface area contributed by atoms with E-state index in [9.17, 15) is 22.4 Å². The Balaban J connectivity index is 2.42. The first kappa shape index (κ1) is 27.6. The van der Waals surface area contributed by atoms with Crippen LogP contribution >= 0.6 is 11.6 Å². The van der Waals surface area contributed by atoms with Crippen LogP contribution in [-0.4, -0.2) is 50.0 Å². The molecule has 2 amide bonds. The molecule has 2 aromatic carbocycles. The van der Waals surface area contributed by atoms with Crippen LogP contribution < -0.4 is 9.62 Å². The molecule has 0 saturated heterocycles. The summed E-state index contributed by atoms with van der Waals surface area (Å²) in [6.07, 6.45) is 1.71. The van der Waals surface area contributed by atoms with Crippen LogP contribution in [0.1, 0.15) is 38.3 Å². The number of aryl methyl sites for hydroxylation is 1. The largest absolute Gasteiger partial charge is 0.352 e. The third-order valence-electron chi connectivity index (χ3n) is 5.55. The van der Waals surface area contributed by atoms with Gasteiger partial charge in [-0.25, -0.2) is 12.8 Å². The van der Waals surface area contributed by atoms with Crippen molar-refractivity contribution in [2.24, 2.45) is 0 Å². The molecule has 2 rings (SSSR count). The third-order valence-corrected chi connectivity index (χ3v) is 6.92. The Morgan fingerprint density at radius 3 is 2.29 bits per heavy atom. The SMILES string of the molecule is CCC(C)NC(=O)C(C)N(Cc1ccc(F)cc1)C(=O)CN(c1cc(Cl)ccc1C)S(C)(=O)=O. The maximum Gasteiger partial charge on any atom is 0.244 e. The zero-order valence-corrected chi connectivity index (χ0v) is 21.6. The lowest BCUT2D eigenvalue weighted by atomic mass is 10.1. The molecule has 186 valence electrons. The number of amides is 2. The van der Waals surface area contributed by atoms with Gasteiger partial charge in [0.2, 0.25) is 21.8 Å². The highest BCUT2D eigenvalue weighted by Crippen LogP contribution is 2.26. The maximum absolute atomic E-state index is 13.5. The van der Waals surface area contributed by atoms with E-state index < -0.39 is 34.3 Å². The molecule has 0 aliphatic carbocycles. The number of carbonyl (C=O) groups is 2. The van der Waals surface area contributed by atoms with Crippen molar-refractivity contribution < 1.29 is 22.4 Å². The van der Waals surface area contributed by atoms with Gasteiger partial charge in [-0.15, -0.1) is 0 Å². The number of hydrogen-bond acceptors (Lipinski definition) is 4. The summed E-state index contributed by atoms with van der Waals surface area (Å²) in [4.78, 5) is 27.6. The smallest absolute Gasteiger partial charge is 0.244 e. The minimum absolute atomic E-state index is 0.000333. The van der Waals surface area contributed by atoms with Crippen molar-refractivity contribution in [2.45, 2.75) is 52.7 Å². The second-order valence-corrected chi connectivity index (χ2v) is 10.7. The van der Waals surface area contributed by atoms with Gasteiger partial charge in [-0.1, -0.05) is 36.7 Å². The standard InChI is InChI=1S/C24H31ClFN3O4S/c1-6-17(3)27-24(31)18(4)28(14-19-8-11-21(26)12-9-19)23(30)15-29(34(5,32)33)22-13-20(25)10-7-16(22)2/h7-13,17-18H,6,14-15H2,1-5H3,(H,27,31). The topological polar surface area (TPSA) is 86.8 Å². The van der Waals surface area contributed by atoms with E-state index in [4.69, 9.17) is 11.6 Å². The highest BCUT2D eigenvalue weighted by Gasteiger charge is 2.31. The van der Waals surface area contributed by atoms with E-state index in [-0.39, 0.29) is 24.2 Å². The molecule has 10 heteroatoms. The number of benzene rings is 2. The van der Waals surface area contributed by atoms with Crippen molar-refractivity contribution in [3.05, 3.63) is 64.4 Å². The molecule has 0 aliphatic heterocycles. The number of anilines is 1. The van der Waals surface area contributed by atoms with E-state index in [2.05, 4.69) is 5.32 Å². The van der Waals surface area contributed by atoms with Gasteiger partial charge in [0.1, 0.15) is 18.4 Å². The first-order chi connectivity index (χ1) is 15.8. The molecule has 7 nitrogen and oxygen atoms in total. The summed E-state index contributed by atoms with van der Waals surface area (Å²) in [7, 11) is -3.86. The predicted octanol–water partition coefficient (Wildman–Crippen LogP) is 3.89. The fourth-order valence-corrected chi connectivity index (χ4v) is 4.35. The number of sulfonamides is 1. The van der Waals surface area contributed by atoms with Gasteiger partial charge in [0.15, 0.2) is 0 Å². The number of nitrogens with zero attached hydrogens (tertiary/aromatic N) is 2. The lowest BCUT2D eigenvalue weighted by molar-refractivity contribution is -0.139. The molecule has 2 unspecified atom stereocenters. The van der Waals surface area contributed by atoms with E-state index in [1.807, 2.05) is 13.8 Å². The molecule has 0 aromatic heterocycles. The Morgan fingerprint density at radius 2 is 1.74 bits per heavy atom. The highest BCUT2D eigenvalue weighted by molar-refractivity contribution is 7.92. The van der Waals surface area contributed by atoms with Crippen LogP contribution in [0.2, 0.25) is 5.02 Å². The minimum atomic E-state index is -3.86. The number of rotatable bonds is 10. The number of hydrogen-bond donors (Lipinski definition) is 1. The third kappa shape index (κ3) is 7.43. The highest BCUT2D eigenvalue weighted by atomic mass is 35.5. The van der Waals surface area contributed by atoms with Gasteiger partial charge in [0.25, 0.3) is 0 Å². The predicted molar refractivity (Wildman–Crippen MR) is 133 cm³/mol. The van der Waals surface area contributed by atoms with Gasteiger partial charge < -0.3 is 10.2 Å². The van der Waals surface area contributed by atoms with E-state index in [0.717, 1.165) is 10.6 Å². The van der Waals surface area contributed by atoms with Crippen molar-refractivity contribution in [3.8, 4) is 0 Å². The van der Waals surface area contributed by atoms with Crippen molar-refractivity contribution in [3.63, 3.8) is 0 Å². The Bertz CT molecular complexity index is 1130.